The van der Waals surface area contributed by atoms with Crippen molar-refractivity contribution in [1.82, 2.24) is 9.97 Å². The molecule has 124 valence electrons. The number of para-hydroxylation sites is 2. The summed E-state index contributed by atoms with van der Waals surface area (Å²) in [5, 5.41) is 0. The summed E-state index contributed by atoms with van der Waals surface area (Å²) in [6.45, 7) is 0.205. The van der Waals surface area contributed by atoms with Gasteiger partial charge in [-0.05, 0) is 23.8 Å². The van der Waals surface area contributed by atoms with Crippen LogP contribution in [0.3, 0.4) is 0 Å². The smallest absolute Gasteiger partial charge is 0.138 e. The number of nitrogens with one attached hydrogen (secondary N) is 1. The summed E-state index contributed by atoms with van der Waals surface area (Å²) < 4.78 is 31.9. The Hall–Kier alpha value is -3.21. The number of ether oxygens (including phenoxy) is 1. The van der Waals surface area contributed by atoms with Crippen LogP contribution in [-0.4, -0.2) is 9.97 Å². The third-order valence-corrected chi connectivity index (χ3v) is 3.83. The van der Waals surface area contributed by atoms with Crippen LogP contribution in [-0.2, 0) is 6.61 Å². The third-order valence-electron chi connectivity index (χ3n) is 3.83. The maximum atomic E-state index is 13.2. The molecule has 0 aliphatic rings. The lowest BCUT2D eigenvalue weighted by Gasteiger charge is -2.07. The molecule has 0 aliphatic heterocycles. The van der Waals surface area contributed by atoms with Gasteiger partial charge in [0.15, 0.2) is 0 Å². The Morgan fingerprint density at radius 2 is 1.68 bits per heavy atom. The first kappa shape index (κ1) is 15.3. The minimum absolute atomic E-state index is 0.159. The lowest BCUT2D eigenvalue weighted by molar-refractivity contribution is 0.302. The number of hydrogen-bond donors (Lipinski definition) is 1. The molecular formula is C20H14F2N2O. The Balaban J connectivity index is 1.56. The highest BCUT2D eigenvalue weighted by molar-refractivity contribution is 5.79. The molecule has 3 nitrogen and oxygen atoms in total. The van der Waals surface area contributed by atoms with E-state index < -0.39 is 11.6 Å². The minimum Gasteiger partial charge on any atom is -0.489 e. The molecule has 1 aromatic heterocycles. The number of imidazole rings is 1. The molecule has 0 fully saturated rings. The number of hydrogen-bond acceptors (Lipinski definition) is 2. The van der Waals surface area contributed by atoms with E-state index >= 15 is 0 Å². The predicted octanol–water partition coefficient (Wildman–Crippen LogP) is 5.09. The highest BCUT2D eigenvalue weighted by atomic mass is 19.1. The maximum Gasteiger partial charge on any atom is 0.138 e. The summed E-state index contributed by atoms with van der Waals surface area (Å²) in [4.78, 5) is 7.85. The second kappa shape index (κ2) is 6.36. The summed E-state index contributed by atoms with van der Waals surface area (Å²) >= 11 is 0. The number of aromatic nitrogens is 2. The van der Waals surface area contributed by atoms with Gasteiger partial charge in [-0.15, -0.1) is 0 Å². The van der Waals surface area contributed by atoms with Gasteiger partial charge in [0.05, 0.1) is 11.0 Å². The van der Waals surface area contributed by atoms with Crippen LogP contribution in [0.25, 0.3) is 22.4 Å². The third kappa shape index (κ3) is 3.35. The van der Waals surface area contributed by atoms with E-state index in [4.69, 9.17) is 4.74 Å². The fraction of sp³-hybridized carbons (Fsp3) is 0.0500. The van der Waals surface area contributed by atoms with Crippen molar-refractivity contribution in [1.29, 1.82) is 0 Å². The zero-order valence-electron chi connectivity index (χ0n) is 13.2. The molecule has 0 bridgehead atoms. The number of fused-ring (bicyclic) bond motifs is 1. The van der Waals surface area contributed by atoms with Crippen LogP contribution in [0.2, 0.25) is 0 Å². The molecule has 25 heavy (non-hydrogen) atoms. The molecule has 0 spiro atoms. The standard InChI is InChI=1S/C20H14F2N2O/c21-15-9-16(22)11-17(10-15)25-12-13-4-3-5-14(8-13)20-23-18-6-1-2-7-19(18)24-20/h1-11H,12H2,(H,23,24). The fourth-order valence-corrected chi connectivity index (χ4v) is 2.68. The van der Waals surface area contributed by atoms with Crippen molar-refractivity contribution in [2.45, 2.75) is 6.61 Å². The fourth-order valence-electron chi connectivity index (χ4n) is 2.68. The first-order chi connectivity index (χ1) is 12.2. The minimum atomic E-state index is -0.661. The highest BCUT2D eigenvalue weighted by Crippen LogP contribution is 2.22. The Bertz CT molecular complexity index is 989. The van der Waals surface area contributed by atoms with Crippen LogP contribution in [0, 0.1) is 11.6 Å². The molecule has 0 radical (unpaired) electrons. The first-order valence-corrected chi connectivity index (χ1v) is 7.80. The number of halogens is 2. The van der Waals surface area contributed by atoms with Gasteiger partial charge in [0, 0.05) is 23.8 Å². The quantitative estimate of drug-likeness (QED) is 0.564. The van der Waals surface area contributed by atoms with Crippen LogP contribution in [0.1, 0.15) is 5.56 Å². The zero-order chi connectivity index (χ0) is 17.2. The second-order valence-electron chi connectivity index (χ2n) is 5.70. The lowest BCUT2D eigenvalue weighted by Crippen LogP contribution is -1.97. The molecule has 0 saturated carbocycles. The average molecular weight is 336 g/mol. The van der Waals surface area contributed by atoms with Crippen molar-refractivity contribution < 1.29 is 13.5 Å². The van der Waals surface area contributed by atoms with E-state index in [1.807, 2.05) is 48.5 Å². The van der Waals surface area contributed by atoms with Crippen LogP contribution < -0.4 is 4.74 Å². The van der Waals surface area contributed by atoms with Crippen molar-refractivity contribution in [2.75, 3.05) is 0 Å². The van der Waals surface area contributed by atoms with Crippen LogP contribution in [0.15, 0.2) is 66.7 Å². The average Bonchev–Trinajstić information content (AvgIpc) is 3.04. The molecule has 1 heterocycles. The number of aromatic amines is 1. The Labute approximate surface area is 142 Å². The van der Waals surface area contributed by atoms with E-state index in [0.717, 1.165) is 46.2 Å². The van der Waals surface area contributed by atoms with Crippen LogP contribution >= 0.6 is 0 Å². The molecule has 5 heteroatoms. The van der Waals surface area contributed by atoms with E-state index in [1.165, 1.54) is 0 Å². The number of benzene rings is 3. The normalized spacial score (nSPS) is 11.0. The summed E-state index contributed by atoms with van der Waals surface area (Å²) in [5.74, 6) is -0.399. The molecule has 0 unspecified atom stereocenters. The first-order valence-electron chi connectivity index (χ1n) is 7.80. The Morgan fingerprint density at radius 3 is 2.48 bits per heavy atom. The summed E-state index contributed by atoms with van der Waals surface area (Å²) in [6, 6.07) is 18.6. The molecule has 0 aliphatic carbocycles. The van der Waals surface area contributed by atoms with E-state index in [1.54, 1.807) is 0 Å². The zero-order valence-corrected chi connectivity index (χ0v) is 13.2. The highest BCUT2D eigenvalue weighted by Gasteiger charge is 2.07. The van der Waals surface area contributed by atoms with Gasteiger partial charge in [-0.1, -0.05) is 30.3 Å². The van der Waals surface area contributed by atoms with Gasteiger partial charge in [0.25, 0.3) is 0 Å². The van der Waals surface area contributed by atoms with Crippen LogP contribution in [0.5, 0.6) is 5.75 Å². The molecule has 0 saturated heterocycles. The number of nitrogens with zero attached hydrogens (tertiary/aromatic N) is 1. The van der Waals surface area contributed by atoms with Gasteiger partial charge < -0.3 is 9.72 Å². The van der Waals surface area contributed by atoms with Crippen LogP contribution in [0.4, 0.5) is 8.78 Å². The Kier molecular flexibility index (Phi) is 3.90. The topological polar surface area (TPSA) is 37.9 Å². The van der Waals surface area contributed by atoms with Gasteiger partial charge in [-0.25, -0.2) is 13.8 Å². The van der Waals surface area contributed by atoms with Crippen molar-refractivity contribution in [3.63, 3.8) is 0 Å². The maximum absolute atomic E-state index is 13.2. The van der Waals surface area contributed by atoms with E-state index in [2.05, 4.69) is 9.97 Å². The molecule has 4 rings (SSSR count). The molecular weight excluding hydrogens is 322 g/mol. The van der Waals surface area contributed by atoms with Crippen molar-refractivity contribution in [3.8, 4) is 17.1 Å². The second-order valence-corrected chi connectivity index (χ2v) is 5.70. The lowest BCUT2D eigenvalue weighted by atomic mass is 10.1. The molecule has 0 atom stereocenters. The number of rotatable bonds is 4. The Morgan fingerprint density at radius 1 is 0.880 bits per heavy atom. The van der Waals surface area contributed by atoms with Gasteiger partial charge in [0.1, 0.15) is 29.8 Å². The molecule has 0 amide bonds. The monoisotopic (exact) mass is 336 g/mol. The van der Waals surface area contributed by atoms with E-state index in [0.29, 0.717) is 0 Å². The van der Waals surface area contributed by atoms with Crippen molar-refractivity contribution >= 4 is 11.0 Å². The summed E-state index contributed by atoms with van der Waals surface area (Å²) in [7, 11) is 0. The largest absolute Gasteiger partial charge is 0.489 e. The van der Waals surface area contributed by atoms with E-state index in [9.17, 15) is 8.78 Å². The summed E-state index contributed by atoms with van der Waals surface area (Å²) in [5.41, 5.74) is 3.66. The number of H-pyrrole nitrogens is 1. The predicted molar refractivity (Wildman–Crippen MR) is 92.2 cm³/mol. The van der Waals surface area contributed by atoms with Crippen molar-refractivity contribution in [3.05, 3.63) is 83.9 Å². The van der Waals surface area contributed by atoms with Crippen molar-refractivity contribution in [2.24, 2.45) is 0 Å². The van der Waals surface area contributed by atoms with Gasteiger partial charge in [-0.3, -0.25) is 0 Å². The molecule has 3 aromatic carbocycles. The molecule has 1 N–H and O–H groups in total. The summed E-state index contributed by atoms with van der Waals surface area (Å²) in [6.07, 6.45) is 0. The van der Waals surface area contributed by atoms with Gasteiger partial charge >= 0.3 is 0 Å². The van der Waals surface area contributed by atoms with Gasteiger partial charge in [0.2, 0.25) is 0 Å². The van der Waals surface area contributed by atoms with Gasteiger partial charge in [-0.2, -0.15) is 0 Å². The molecule has 4 aromatic rings. The SMILES string of the molecule is Fc1cc(F)cc(OCc2cccc(-c3nc4ccccc4[nH]3)c2)c1. The van der Waals surface area contributed by atoms with E-state index in [-0.39, 0.29) is 12.4 Å².